The number of thiophene rings is 1. The summed E-state index contributed by atoms with van der Waals surface area (Å²) in [6.45, 7) is 9.61. The maximum atomic E-state index is 11.1. The maximum absolute atomic E-state index is 11.1. The second kappa shape index (κ2) is 7.50. The number of amides is 1. The second-order valence-electron chi connectivity index (χ2n) is 5.76. The van der Waals surface area contributed by atoms with Gasteiger partial charge in [-0.15, -0.1) is 11.3 Å². The Morgan fingerprint density at radius 3 is 2.52 bits per heavy atom. The molecule has 0 spiro atoms. The van der Waals surface area contributed by atoms with Gasteiger partial charge in [0, 0.05) is 22.7 Å². The molecule has 2 aromatic rings. The molecule has 0 fully saturated rings. The van der Waals surface area contributed by atoms with E-state index < -0.39 is 0 Å². The quantitative estimate of drug-likeness (QED) is 0.848. The lowest BCUT2D eigenvalue weighted by molar-refractivity contribution is -0.114. The van der Waals surface area contributed by atoms with Crippen molar-refractivity contribution in [1.82, 2.24) is 15.0 Å². The first-order valence-corrected chi connectivity index (χ1v) is 8.48. The van der Waals surface area contributed by atoms with Crippen LogP contribution in [0.15, 0.2) is 6.07 Å². The van der Waals surface area contributed by atoms with Crippen LogP contribution < -0.4 is 10.6 Å². The number of carbonyl (C=O) groups excluding carboxylic acids is 1. The van der Waals surface area contributed by atoms with Gasteiger partial charge in [-0.3, -0.25) is 10.1 Å². The van der Waals surface area contributed by atoms with Gasteiger partial charge in [-0.2, -0.15) is 15.0 Å². The van der Waals surface area contributed by atoms with Gasteiger partial charge in [-0.05, 0) is 52.2 Å². The Balaban J connectivity index is 1.96. The first kappa shape index (κ1) is 17.3. The van der Waals surface area contributed by atoms with Crippen LogP contribution in [0, 0.1) is 20.8 Å². The van der Waals surface area contributed by atoms with Gasteiger partial charge >= 0.3 is 0 Å². The van der Waals surface area contributed by atoms with Crippen LogP contribution in [0.5, 0.6) is 0 Å². The number of hydrogen-bond acceptors (Lipinski definition) is 6. The van der Waals surface area contributed by atoms with Crippen molar-refractivity contribution in [1.29, 1.82) is 0 Å². The number of aromatic nitrogens is 3. The molecule has 0 aliphatic rings. The molecular weight excluding hydrogens is 310 g/mol. The summed E-state index contributed by atoms with van der Waals surface area (Å²) in [4.78, 5) is 26.5. The summed E-state index contributed by atoms with van der Waals surface area (Å²) in [6, 6.07) is 2.46. The van der Waals surface area contributed by atoms with Crippen LogP contribution in [0.25, 0.3) is 0 Å². The number of rotatable bonds is 6. The minimum atomic E-state index is -0.196. The highest BCUT2D eigenvalue weighted by Gasteiger charge is 2.10. The van der Waals surface area contributed by atoms with Gasteiger partial charge in [0.1, 0.15) is 5.82 Å². The van der Waals surface area contributed by atoms with E-state index >= 15 is 0 Å². The van der Waals surface area contributed by atoms with Crippen LogP contribution in [0.1, 0.15) is 41.4 Å². The van der Waals surface area contributed by atoms with E-state index in [0.29, 0.717) is 11.8 Å². The topological polar surface area (TPSA) is 79.8 Å². The number of carbonyl (C=O) groups is 1. The molecule has 23 heavy (non-hydrogen) atoms. The van der Waals surface area contributed by atoms with Crippen molar-refractivity contribution in [2.45, 2.75) is 53.5 Å². The third kappa shape index (κ3) is 5.28. The van der Waals surface area contributed by atoms with Crippen LogP contribution in [-0.4, -0.2) is 26.9 Å². The van der Waals surface area contributed by atoms with Crippen LogP contribution in [-0.2, 0) is 11.2 Å². The molecule has 2 N–H and O–H groups in total. The van der Waals surface area contributed by atoms with Crippen LogP contribution in [0.2, 0.25) is 0 Å². The van der Waals surface area contributed by atoms with Gasteiger partial charge in [0.25, 0.3) is 0 Å². The Morgan fingerprint density at radius 1 is 1.22 bits per heavy atom. The Morgan fingerprint density at radius 2 is 1.91 bits per heavy atom. The number of hydrogen-bond donors (Lipinski definition) is 2. The van der Waals surface area contributed by atoms with Crippen molar-refractivity contribution >= 4 is 29.1 Å². The molecule has 7 heteroatoms. The largest absolute Gasteiger partial charge is 0.352 e. The zero-order valence-corrected chi connectivity index (χ0v) is 15.0. The molecule has 0 saturated heterocycles. The fourth-order valence-corrected chi connectivity index (χ4v) is 3.40. The molecule has 0 bridgehead atoms. The van der Waals surface area contributed by atoms with E-state index in [1.807, 2.05) is 11.3 Å². The lowest BCUT2D eigenvalue weighted by atomic mass is 10.1. The molecule has 124 valence electrons. The summed E-state index contributed by atoms with van der Waals surface area (Å²) in [5, 5.41) is 5.87. The van der Waals surface area contributed by atoms with E-state index in [-0.39, 0.29) is 17.9 Å². The predicted molar refractivity (Wildman–Crippen MR) is 94.1 cm³/mol. The lowest BCUT2D eigenvalue weighted by Gasteiger charge is -2.14. The average molecular weight is 333 g/mol. The monoisotopic (exact) mass is 333 g/mol. The maximum Gasteiger partial charge on any atom is 0.234 e. The number of aryl methyl sites for hydroxylation is 4. The summed E-state index contributed by atoms with van der Waals surface area (Å²) in [5.74, 6) is 1.15. The van der Waals surface area contributed by atoms with Gasteiger partial charge in [0.05, 0.1) is 0 Å². The minimum absolute atomic E-state index is 0.196. The van der Waals surface area contributed by atoms with Gasteiger partial charge in [0.15, 0.2) is 0 Å². The number of nitrogens with one attached hydrogen (secondary N) is 2. The molecule has 0 aliphatic carbocycles. The minimum Gasteiger partial charge on any atom is -0.352 e. The van der Waals surface area contributed by atoms with E-state index in [4.69, 9.17) is 0 Å². The van der Waals surface area contributed by atoms with E-state index in [9.17, 15) is 4.79 Å². The Hall–Kier alpha value is -2.02. The van der Waals surface area contributed by atoms with Gasteiger partial charge in [-0.25, -0.2) is 0 Å². The fourth-order valence-electron chi connectivity index (χ4n) is 2.34. The number of anilines is 2. The second-order valence-corrected chi connectivity index (χ2v) is 7.10. The Kier molecular flexibility index (Phi) is 5.65. The Bertz CT molecular complexity index is 698. The van der Waals surface area contributed by atoms with E-state index in [0.717, 1.165) is 12.8 Å². The van der Waals surface area contributed by atoms with Gasteiger partial charge in [-0.1, -0.05) is 0 Å². The van der Waals surface area contributed by atoms with Crippen molar-refractivity contribution in [3.8, 4) is 0 Å². The normalized spacial score (nSPS) is 12.0. The molecule has 2 rings (SSSR count). The van der Waals surface area contributed by atoms with Crippen molar-refractivity contribution < 1.29 is 4.79 Å². The molecular formula is C16H23N5OS. The van der Waals surface area contributed by atoms with E-state index in [2.05, 4.69) is 52.4 Å². The first-order chi connectivity index (χ1) is 10.8. The Labute approximate surface area is 140 Å². The fraction of sp³-hybridized carbons (Fsp3) is 0.500. The molecule has 1 atom stereocenters. The lowest BCUT2D eigenvalue weighted by Crippen LogP contribution is -2.20. The highest BCUT2D eigenvalue weighted by Crippen LogP contribution is 2.23. The summed E-state index contributed by atoms with van der Waals surface area (Å²) < 4.78 is 0. The van der Waals surface area contributed by atoms with E-state index in [1.165, 1.54) is 22.2 Å². The van der Waals surface area contributed by atoms with Crippen LogP contribution in [0.4, 0.5) is 11.9 Å². The summed E-state index contributed by atoms with van der Waals surface area (Å²) in [7, 11) is 0. The molecule has 1 unspecified atom stereocenters. The molecule has 0 aliphatic heterocycles. The third-order valence-electron chi connectivity index (χ3n) is 3.36. The van der Waals surface area contributed by atoms with Gasteiger partial charge < -0.3 is 5.32 Å². The SMILES string of the molecule is CC(=O)Nc1nc(C)nc(NC(C)CCc2sc(C)cc2C)n1. The summed E-state index contributed by atoms with van der Waals surface area (Å²) >= 11 is 1.86. The zero-order valence-electron chi connectivity index (χ0n) is 14.2. The summed E-state index contributed by atoms with van der Waals surface area (Å²) in [5.41, 5.74) is 1.36. The van der Waals surface area contributed by atoms with Crippen molar-refractivity contribution in [3.63, 3.8) is 0 Å². The van der Waals surface area contributed by atoms with Crippen LogP contribution >= 0.6 is 11.3 Å². The first-order valence-electron chi connectivity index (χ1n) is 7.66. The van der Waals surface area contributed by atoms with Crippen LogP contribution in [0.3, 0.4) is 0 Å². The van der Waals surface area contributed by atoms with E-state index in [1.54, 1.807) is 6.92 Å². The van der Waals surface area contributed by atoms with Crippen molar-refractivity contribution in [2.24, 2.45) is 0 Å². The highest BCUT2D eigenvalue weighted by molar-refractivity contribution is 7.12. The molecule has 2 heterocycles. The molecule has 0 aromatic carbocycles. The predicted octanol–water partition coefficient (Wildman–Crippen LogP) is 3.25. The number of nitrogens with zero attached hydrogens (tertiary/aromatic N) is 3. The molecule has 0 radical (unpaired) electrons. The average Bonchev–Trinajstić information content (AvgIpc) is 2.73. The third-order valence-corrected chi connectivity index (χ3v) is 4.57. The van der Waals surface area contributed by atoms with Crippen molar-refractivity contribution in [2.75, 3.05) is 10.6 Å². The molecule has 2 aromatic heterocycles. The summed E-state index contributed by atoms with van der Waals surface area (Å²) in [6.07, 6.45) is 2.02. The van der Waals surface area contributed by atoms with Crippen molar-refractivity contribution in [3.05, 3.63) is 27.2 Å². The molecule has 1 amide bonds. The smallest absolute Gasteiger partial charge is 0.234 e. The highest BCUT2D eigenvalue weighted by atomic mass is 32.1. The molecule has 6 nitrogen and oxygen atoms in total. The standard InChI is InChI=1S/C16H23N5OS/c1-9-8-11(3)23-14(9)7-6-10(2)17-15-18-12(4)19-16(21-15)20-13(5)22/h8,10H,6-7H2,1-5H3,(H2,17,18,19,20,21,22). The zero-order chi connectivity index (χ0) is 17.0. The van der Waals surface area contributed by atoms with Gasteiger partial charge in [0.2, 0.25) is 17.8 Å². The molecule has 0 saturated carbocycles.